The van der Waals surface area contributed by atoms with Crippen molar-refractivity contribution in [2.24, 2.45) is 0 Å². The molecule has 0 spiro atoms. The Morgan fingerprint density at radius 2 is 0.787 bits per heavy atom. The number of benzene rings is 5. The number of nitrogens with one attached hydrogen (secondary N) is 4. The third kappa shape index (κ3) is 8.45. The molecule has 16 heteroatoms. The number of imide groups is 2. The Kier molecular flexibility index (Phi) is 11.5. The Hall–Kier alpha value is -8.40. The first-order chi connectivity index (χ1) is 29.4. The second-order valence-corrected chi connectivity index (χ2v) is 13.5. The smallest absolute Gasteiger partial charge is 0.323 e. The Balaban J connectivity index is 0.998. The topological polar surface area (TPSA) is 194 Å². The Morgan fingerprint density at radius 3 is 1.20 bits per heavy atom. The van der Waals surface area contributed by atoms with Crippen LogP contribution in [0.15, 0.2) is 115 Å². The summed E-state index contributed by atoms with van der Waals surface area (Å²) in [6.07, 6.45) is 4.80. The highest BCUT2D eigenvalue weighted by Gasteiger charge is 2.29. The van der Waals surface area contributed by atoms with Gasteiger partial charge in [-0.1, -0.05) is 30.3 Å². The fourth-order valence-corrected chi connectivity index (χ4v) is 6.70. The maximum atomic E-state index is 13.3. The number of nitrogens with zero attached hydrogens (tertiary/aromatic N) is 2. The van der Waals surface area contributed by atoms with E-state index in [9.17, 15) is 28.8 Å². The first-order valence-electron chi connectivity index (χ1n) is 18.5. The lowest BCUT2D eigenvalue weighted by atomic mass is 10.0. The minimum atomic E-state index is -0.572. The van der Waals surface area contributed by atoms with E-state index in [0.717, 1.165) is 15.4 Å². The number of amides is 8. The SMILES string of the molecule is COc1cc(-c2ccc(N3C(=O)C=CC3=O)c(OC)c2)ccc1NC(=O)Nc1ccc(C)c(NC(=O)Nc2ccc(-c3ccc(N4C(=O)C=CC4=O)c(OC)c3)cc2OC)c1. The monoisotopic (exact) mass is 822 g/mol. The van der Waals surface area contributed by atoms with Crippen LogP contribution >= 0.6 is 0 Å². The van der Waals surface area contributed by atoms with Gasteiger partial charge in [-0.3, -0.25) is 19.2 Å². The van der Waals surface area contributed by atoms with Gasteiger partial charge in [0.25, 0.3) is 23.6 Å². The fourth-order valence-electron chi connectivity index (χ4n) is 6.70. The molecule has 0 bridgehead atoms. The lowest BCUT2D eigenvalue weighted by Gasteiger charge is -2.19. The number of carbonyl (C=O) groups excluding carboxylic acids is 6. The number of rotatable bonds is 12. The molecule has 5 aromatic rings. The molecule has 4 N–H and O–H groups in total. The highest BCUT2D eigenvalue weighted by molar-refractivity contribution is 6.29. The van der Waals surface area contributed by atoms with E-state index >= 15 is 0 Å². The molecule has 0 aromatic heterocycles. The van der Waals surface area contributed by atoms with Gasteiger partial charge in [0.15, 0.2) is 0 Å². The van der Waals surface area contributed by atoms with E-state index in [1.54, 1.807) is 97.9 Å². The first kappa shape index (κ1) is 40.8. The van der Waals surface area contributed by atoms with Gasteiger partial charge in [0.05, 0.1) is 51.2 Å². The van der Waals surface area contributed by atoms with Crippen LogP contribution < -0.4 is 50.0 Å². The van der Waals surface area contributed by atoms with Crippen LogP contribution in [0.25, 0.3) is 22.3 Å². The van der Waals surface area contributed by atoms with Crippen LogP contribution in [0.5, 0.6) is 23.0 Å². The number of hydrogen-bond acceptors (Lipinski definition) is 10. The highest BCUT2D eigenvalue weighted by atomic mass is 16.5. The molecule has 0 fully saturated rings. The predicted octanol–water partition coefficient (Wildman–Crippen LogP) is 7.51. The Morgan fingerprint density at radius 1 is 0.426 bits per heavy atom. The van der Waals surface area contributed by atoms with Crippen molar-refractivity contribution in [1.29, 1.82) is 0 Å². The van der Waals surface area contributed by atoms with Gasteiger partial charge >= 0.3 is 12.1 Å². The maximum absolute atomic E-state index is 13.3. The minimum Gasteiger partial charge on any atom is -0.495 e. The lowest BCUT2D eigenvalue weighted by molar-refractivity contribution is -0.121. The molecular formula is C45H38N6O10. The van der Waals surface area contributed by atoms with Crippen molar-refractivity contribution in [2.75, 3.05) is 59.5 Å². The van der Waals surface area contributed by atoms with Crippen molar-refractivity contribution in [3.63, 3.8) is 0 Å². The number of ether oxygens (including phenoxy) is 4. The number of methoxy groups -OCH3 is 4. The fraction of sp³-hybridized carbons (Fsp3) is 0.111. The van der Waals surface area contributed by atoms with E-state index in [1.165, 1.54) is 52.7 Å². The zero-order valence-corrected chi connectivity index (χ0v) is 33.4. The highest BCUT2D eigenvalue weighted by Crippen LogP contribution is 2.39. The van der Waals surface area contributed by atoms with Crippen molar-refractivity contribution in [3.05, 3.63) is 121 Å². The van der Waals surface area contributed by atoms with Crippen LogP contribution in [-0.4, -0.2) is 64.1 Å². The zero-order valence-electron chi connectivity index (χ0n) is 33.4. The van der Waals surface area contributed by atoms with Gasteiger partial charge in [0, 0.05) is 35.7 Å². The molecule has 308 valence electrons. The summed E-state index contributed by atoms with van der Waals surface area (Å²) in [7, 11) is 5.83. The molecule has 5 aromatic carbocycles. The number of urea groups is 2. The van der Waals surface area contributed by atoms with Crippen molar-refractivity contribution in [2.45, 2.75) is 6.92 Å². The zero-order chi connectivity index (χ0) is 43.4. The molecule has 16 nitrogen and oxygen atoms in total. The van der Waals surface area contributed by atoms with Crippen molar-refractivity contribution >= 4 is 69.8 Å². The molecule has 2 heterocycles. The van der Waals surface area contributed by atoms with Gasteiger partial charge in [0.2, 0.25) is 0 Å². The first-order valence-corrected chi connectivity index (χ1v) is 18.5. The van der Waals surface area contributed by atoms with Crippen LogP contribution in [0.2, 0.25) is 0 Å². The van der Waals surface area contributed by atoms with Gasteiger partial charge in [-0.2, -0.15) is 0 Å². The molecule has 2 aliphatic heterocycles. The van der Waals surface area contributed by atoms with Crippen LogP contribution in [0.3, 0.4) is 0 Å². The van der Waals surface area contributed by atoms with E-state index < -0.39 is 35.7 Å². The molecule has 2 aliphatic rings. The van der Waals surface area contributed by atoms with Crippen LogP contribution in [0, 0.1) is 6.92 Å². The molecule has 0 saturated carbocycles. The van der Waals surface area contributed by atoms with Gasteiger partial charge in [0.1, 0.15) is 23.0 Å². The molecule has 0 aliphatic carbocycles. The van der Waals surface area contributed by atoms with Gasteiger partial charge < -0.3 is 40.2 Å². The normalized spacial score (nSPS) is 13.1. The third-order valence-corrected chi connectivity index (χ3v) is 9.77. The molecule has 0 radical (unpaired) electrons. The Labute approximate surface area is 349 Å². The largest absolute Gasteiger partial charge is 0.495 e. The van der Waals surface area contributed by atoms with Crippen LogP contribution in [-0.2, 0) is 19.2 Å². The summed E-state index contributed by atoms with van der Waals surface area (Å²) < 4.78 is 22.2. The summed E-state index contributed by atoms with van der Waals surface area (Å²) in [6, 6.07) is 24.4. The number of aryl methyl sites for hydroxylation is 1. The molecule has 61 heavy (non-hydrogen) atoms. The van der Waals surface area contributed by atoms with E-state index in [4.69, 9.17) is 18.9 Å². The van der Waals surface area contributed by atoms with Crippen molar-refractivity contribution in [3.8, 4) is 45.3 Å². The van der Waals surface area contributed by atoms with Crippen LogP contribution in [0.4, 0.5) is 43.7 Å². The average Bonchev–Trinajstić information content (AvgIpc) is 3.78. The van der Waals surface area contributed by atoms with Crippen molar-refractivity contribution < 1.29 is 47.7 Å². The summed E-state index contributed by atoms with van der Waals surface area (Å²) >= 11 is 0. The van der Waals surface area contributed by atoms with E-state index in [-0.39, 0.29) is 0 Å². The quantitative estimate of drug-likeness (QED) is 0.0915. The van der Waals surface area contributed by atoms with Gasteiger partial charge in [-0.25, -0.2) is 19.4 Å². The second-order valence-electron chi connectivity index (χ2n) is 13.5. The molecule has 0 unspecified atom stereocenters. The molecular weight excluding hydrogens is 785 g/mol. The number of carbonyl (C=O) groups is 6. The van der Waals surface area contributed by atoms with Gasteiger partial charge in [-0.05, 0) is 95.4 Å². The Bertz CT molecular complexity index is 2670. The summed E-state index contributed by atoms with van der Waals surface area (Å²) in [6.45, 7) is 1.80. The maximum Gasteiger partial charge on any atom is 0.323 e. The summed E-state index contributed by atoms with van der Waals surface area (Å²) in [5.74, 6) is -0.487. The molecule has 0 atom stereocenters. The average molecular weight is 823 g/mol. The van der Waals surface area contributed by atoms with E-state index in [1.807, 2.05) is 0 Å². The molecule has 7 rings (SSSR count). The van der Waals surface area contributed by atoms with Crippen molar-refractivity contribution in [1.82, 2.24) is 0 Å². The predicted molar refractivity (Wildman–Crippen MR) is 230 cm³/mol. The number of anilines is 6. The van der Waals surface area contributed by atoms with Crippen LogP contribution in [0.1, 0.15) is 5.56 Å². The standard InChI is InChI=1S/C45H38N6O10/c1-25-6-11-30(46-44(56)47-31-12-7-26(20-36(31)58-2)28-9-14-34(38(22-28)60-4)50-40(52)16-17-41(50)53)24-33(25)49-45(57)48-32-13-8-27(21-37(32)59-3)29-10-15-35(39(23-29)61-5)51-42(54)18-19-43(51)55/h6-24H,1-5H3,(H2,46,47,56)(H2,48,49,57). The molecule has 0 saturated heterocycles. The summed E-state index contributed by atoms with van der Waals surface area (Å²) in [4.78, 5) is 77.5. The third-order valence-electron chi connectivity index (χ3n) is 9.77. The lowest BCUT2D eigenvalue weighted by Crippen LogP contribution is -2.29. The van der Waals surface area contributed by atoms with E-state index in [0.29, 0.717) is 79.4 Å². The number of hydrogen-bond donors (Lipinski definition) is 4. The van der Waals surface area contributed by atoms with Gasteiger partial charge in [-0.15, -0.1) is 0 Å². The summed E-state index contributed by atoms with van der Waals surface area (Å²) in [5, 5.41) is 11.2. The summed E-state index contributed by atoms with van der Waals surface area (Å²) in [5.41, 5.74) is 5.78. The minimum absolute atomic E-state index is 0.314. The second kappa shape index (κ2) is 17.2. The molecule has 8 amide bonds. The van der Waals surface area contributed by atoms with E-state index in [2.05, 4.69) is 21.3 Å².